The first kappa shape index (κ1) is 26.6. The van der Waals surface area contributed by atoms with Gasteiger partial charge in [0.05, 0.1) is 23.3 Å². The van der Waals surface area contributed by atoms with Crippen molar-refractivity contribution < 1.29 is 23.0 Å². The quantitative estimate of drug-likeness (QED) is 0.234. The summed E-state index contributed by atoms with van der Waals surface area (Å²) in [5.41, 5.74) is 4.01. The van der Waals surface area contributed by atoms with Crippen molar-refractivity contribution >= 4 is 39.6 Å². The van der Waals surface area contributed by atoms with Gasteiger partial charge < -0.3 is 9.15 Å². The van der Waals surface area contributed by atoms with Crippen LogP contribution in [0.2, 0.25) is 0 Å². The van der Waals surface area contributed by atoms with Gasteiger partial charge in [0.1, 0.15) is 5.69 Å². The summed E-state index contributed by atoms with van der Waals surface area (Å²) in [7, 11) is 0. The number of hydrogen-bond acceptors (Lipinski definition) is 6. The van der Waals surface area contributed by atoms with Gasteiger partial charge in [-0.25, -0.2) is 9.19 Å². The molecule has 5 aromatic rings. The number of hydrogen-bond donors (Lipinski definition) is 2. The highest BCUT2D eigenvalue weighted by Gasteiger charge is 2.35. The van der Waals surface area contributed by atoms with Crippen LogP contribution in [0.3, 0.4) is 0 Å². The fourth-order valence-electron chi connectivity index (χ4n) is 5.00. The molecular weight excluding hydrogens is 538 g/mol. The van der Waals surface area contributed by atoms with E-state index in [0.29, 0.717) is 35.2 Å². The molecule has 0 fully saturated rings. The lowest BCUT2D eigenvalue weighted by atomic mass is 9.87. The van der Waals surface area contributed by atoms with Gasteiger partial charge in [-0.1, -0.05) is 78.9 Å². The number of nitrogens with zero attached hydrogens (tertiary/aromatic N) is 1. The van der Waals surface area contributed by atoms with E-state index in [4.69, 9.17) is 14.1 Å². The molecule has 1 amide bonds. The van der Waals surface area contributed by atoms with E-state index < -0.39 is 28.5 Å². The zero-order valence-corrected chi connectivity index (χ0v) is 23.3. The number of fused-ring (bicyclic) bond motifs is 3. The van der Waals surface area contributed by atoms with E-state index in [0.717, 1.165) is 16.7 Å². The fourth-order valence-corrected chi connectivity index (χ4v) is 5.72. The second kappa shape index (κ2) is 10.8. The first-order valence-electron chi connectivity index (χ1n) is 13.1. The number of furan rings is 1. The molecule has 9 heteroatoms. The minimum Gasteiger partial charge on any atom is -0.432 e. The predicted molar refractivity (Wildman–Crippen MR) is 158 cm³/mol. The third kappa shape index (κ3) is 5.29. The van der Waals surface area contributed by atoms with E-state index in [1.165, 1.54) is 0 Å². The van der Waals surface area contributed by atoms with Gasteiger partial charge in [-0.3, -0.25) is 19.0 Å². The molecule has 0 spiro atoms. The van der Waals surface area contributed by atoms with E-state index in [-0.39, 0.29) is 17.2 Å². The molecule has 2 N–H and O–H groups in total. The number of nitrogens with one attached hydrogen (secondary N) is 2. The number of ether oxygens (including phenoxy) is 1. The predicted octanol–water partition coefficient (Wildman–Crippen LogP) is 6.00. The molecule has 1 aliphatic rings. The first-order chi connectivity index (χ1) is 19.8. The highest BCUT2D eigenvalue weighted by Crippen LogP contribution is 2.43. The smallest absolute Gasteiger partial charge is 0.264 e. The number of benzene rings is 3. The normalized spacial score (nSPS) is 14.7. The molecule has 0 radical (unpaired) electrons. The summed E-state index contributed by atoms with van der Waals surface area (Å²) >= 11 is -2.10. The Balaban J connectivity index is 1.52. The lowest BCUT2D eigenvalue weighted by Crippen LogP contribution is -2.33. The minimum absolute atomic E-state index is 0.0438. The fraction of sp³-hybridized carbons (Fsp3) is 0.156. The van der Waals surface area contributed by atoms with Crippen molar-refractivity contribution in [2.24, 2.45) is 0 Å². The average molecular weight is 566 g/mol. The molecule has 6 rings (SSSR count). The summed E-state index contributed by atoms with van der Waals surface area (Å²) in [5.74, 6) is -0.974. The van der Waals surface area contributed by atoms with Gasteiger partial charge in [0.15, 0.2) is 0 Å². The van der Waals surface area contributed by atoms with Crippen molar-refractivity contribution in [3.8, 4) is 11.3 Å². The Bertz CT molecular complexity index is 1780. The van der Waals surface area contributed by atoms with Gasteiger partial charge in [0.2, 0.25) is 28.4 Å². The number of anilines is 1. The van der Waals surface area contributed by atoms with Gasteiger partial charge in [0, 0.05) is 28.7 Å². The molecule has 3 aromatic carbocycles. The largest absolute Gasteiger partial charge is 0.432 e. The summed E-state index contributed by atoms with van der Waals surface area (Å²) in [6.45, 7) is 4.29. The molecule has 0 aliphatic carbocycles. The Labute approximate surface area is 239 Å². The van der Waals surface area contributed by atoms with Crippen LogP contribution in [0.4, 0.5) is 5.69 Å². The topological polar surface area (TPSA) is 111 Å². The Morgan fingerprint density at radius 2 is 1.46 bits per heavy atom. The number of carbonyl (C=O) groups is 2. The van der Waals surface area contributed by atoms with Crippen LogP contribution >= 0.6 is 0 Å². The van der Waals surface area contributed by atoms with Crippen molar-refractivity contribution in [3.63, 3.8) is 0 Å². The SMILES string of the molecule is CC1(C)Cc2c(c(-c3ccccc3)nc3oc(C(=O)c4ccccc4)c(NS(=O)NC(=O)c4ccccc4)c23)CO1. The summed E-state index contributed by atoms with van der Waals surface area (Å²) in [5, 5.41) is 0.539. The molecule has 206 valence electrons. The van der Waals surface area contributed by atoms with Crippen molar-refractivity contribution in [2.75, 3.05) is 4.72 Å². The molecule has 1 atom stereocenters. The Hall–Kier alpha value is -4.60. The number of aromatic nitrogens is 1. The van der Waals surface area contributed by atoms with Gasteiger partial charge >= 0.3 is 0 Å². The monoisotopic (exact) mass is 565 g/mol. The summed E-state index contributed by atoms with van der Waals surface area (Å²) in [4.78, 5) is 31.3. The van der Waals surface area contributed by atoms with Crippen molar-refractivity contribution in [2.45, 2.75) is 32.5 Å². The second-order valence-corrected chi connectivity index (χ2v) is 11.3. The first-order valence-corrected chi connectivity index (χ1v) is 14.3. The maximum atomic E-state index is 13.7. The number of pyridine rings is 1. The number of amides is 1. The van der Waals surface area contributed by atoms with E-state index in [1.807, 2.05) is 50.2 Å². The van der Waals surface area contributed by atoms with Gasteiger partial charge in [-0.15, -0.1) is 0 Å². The van der Waals surface area contributed by atoms with Gasteiger partial charge in [-0.2, -0.15) is 0 Å². The standard InChI is InChI=1S/C32H27N3O5S/c1-32(2)18-23-24(19-39-32)26(20-12-6-3-7-13-20)33-31-25(23)27(29(40-31)28(36)21-14-8-4-9-15-21)34-41(38)35-30(37)22-16-10-5-11-17-22/h3-17,34H,18-19H2,1-2H3,(H,35,37). The van der Waals surface area contributed by atoms with Crippen LogP contribution < -0.4 is 9.44 Å². The summed E-state index contributed by atoms with van der Waals surface area (Å²) < 4.78 is 31.0. The molecule has 8 nitrogen and oxygen atoms in total. The third-order valence-corrected chi connectivity index (χ3v) is 7.73. The van der Waals surface area contributed by atoms with Crippen LogP contribution in [-0.2, 0) is 28.9 Å². The molecule has 1 aliphatic heterocycles. The van der Waals surface area contributed by atoms with Crippen LogP contribution in [0.15, 0.2) is 95.4 Å². The Morgan fingerprint density at radius 1 is 0.854 bits per heavy atom. The molecule has 0 bridgehead atoms. The highest BCUT2D eigenvalue weighted by molar-refractivity contribution is 7.85. The Kier molecular flexibility index (Phi) is 6.98. The molecule has 3 heterocycles. The lowest BCUT2D eigenvalue weighted by Gasteiger charge is -2.33. The zero-order valence-electron chi connectivity index (χ0n) is 22.5. The van der Waals surface area contributed by atoms with Gasteiger partial charge in [0.25, 0.3) is 5.91 Å². The number of rotatable bonds is 7. The maximum Gasteiger partial charge on any atom is 0.264 e. The van der Waals surface area contributed by atoms with Crippen molar-refractivity contribution in [3.05, 3.63) is 119 Å². The maximum absolute atomic E-state index is 13.7. The average Bonchev–Trinajstić information content (AvgIpc) is 3.35. The highest BCUT2D eigenvalue weighted by atomic mass is 32.2. The Morgan fingerprint density at radius 3 is 2.12 bits per heavy atom. The molecule has 1 unspecified atom stereocenters. The minimum atomic E-state index is -2.10. The second-order valence-electron chi connectivity index (χ2n) is 10.4. The van der Waals surface area contributed by atoms with Gasteiger partial charge in [-0.05, 0) is 31.5 Å². The molecule has 0 saturated heterocycles. The number of carbonyl (C=O) groups excluding carboxylic acids is 2. The van der Waals surface area contributed by atoms with E-state index >= 15 is 0 Å². The summed E-state index contributed by atoms with van der Waals surface area (Å²) in [6.07, 6.45) is 0.497. The van der Waals surface area contributed by atoms with E-state index in [1.54, 1.807) is 54.6 Å². The van der Waals surface area contributed by atoms with Crippen LogP contribution in [0, 0.1) is 0 Å². The van der Waals surface area contributed by atoms with Crippen LogP contribution in [0.25, 0.3) is 22.4 Å². The zero-order chi connectivity index (χ0) is 28.6. The van der Waals surface area contributed by atoms with E-state index in [9.17, 15) is 13.8 Å². The molecule has 0 saturated carbocycles. The molecule has 2 aromatic heterocycles. The lowest BCUT2D eigenvalue weighted by molar-refractivity contribution is -0.0395. The van der Waals surface area contributed by atoms with E-state index in [2.05, 4.69) is 9.44 Å². The van der Waals surface area contributed by atoms with Crippen LogP contribution in [0.5, 0.6) is 0 Å². The summed E-state index contributed by atoms with van der Waals surface area (Å²) in [6, 6.07) is 26.9. The molecule has 41 heavy (non-hydrogen) atoms. The van der Waals surface area contributed by atoms with Crippen molar-refractivity contribution in [1.29, 1.82) is 0 Å². The third-order valence-electron chi connectivity index (χ3n) is 6.97. The van der Waals surface area contributed by atoms with Crippen LogP contribution in [-0.4, -0.2) is 26.5 Å². The molecular formula is C32H27N3O5S. The van der Waals surface area contributed by atoms with Crippen molar-refractivity contribution in [1.82, 2.24) is 9.71 Å². The van der Waals surface area contributed by atoms with Crippen LogP contribution in [0.1, 0.15) is 51.5 Å². The number of ketones is 1.